The average Bonchev–Trinajstić information content (AvgIpc) is 3.30. The molecule has 3 aromatic rings. The second-order valence-corrected chi connectivity index (χ2v) is 8.75. The van der Waals surface area contributed by atoms with Gasteiger partial charge in [-0.1, -0.05) is 30.0 Å². The lowest BCUT2D eigenvalue weighted by Gasteiger charge is -2.15. The molecule has 11 heteroatoms. The van der Waals surface area contributed by atoms with Crippen LogP contribution in [0, 0.1) is 0 Å². The van der Waals surface area contributed by atoms with E-state index in [1.165, 1.54) is 18.9 Å². The molecule has 0 aliphatic heterocycles. The number of hydrogen-bond donors (Lipinski definition) is 2. The molecule has 0 saturated heterocycles. The highest BCUT2D eigenvalue weighted by molar-refractivity contribution is 7.99. The van der Waals surface area contributed by atoms with Crippen molar-refractivity contribution in [1.82, 2.24) is 20.1 Å². The molecule has 0 fully saturated rings. The number of nitrogens with zero attached hydrogens (tertiary/aromatic N) is 3. The Balaban J connectivity index is 1.57. The van der Waals surface area contributed by atoms with Crippen LogP contribution in [0.1, 0.15) is 41.6 Å². The monoisotopic (exact) mass is 511 g/mol. The van der Waals surface area contributed by atoms with Crippen molar-refractivity contribution in [2.24, 2.45) is 0 Å². The highest BCUT2D eigenvalue weighted by Gasteiger charge is 2.20. The largest absolute Gasteiger partial charge is 0.497 e. The van der Waals surface area contributed by atoms with Crippen molar-refractivity contribution in [2.75, 3.05) is 25.3 Å². The maximum atomic E-state index is 12.5. The number of carbonyl (C=O) groups excluding carboxylic acids is 3. The summed E-state index contributed by atoms with van der Waals surface area (Å²) in [4.78, 5) is 36.7. The number of aromatic nitrogens is 3. The maximum absolute atomic E-state index is 12.5. The molecular formula is C25H29N5O5S. The lowest BCUT2D eigenvalue weighted by molar-refractivity contribution is -0.121. The predicted molar refractivity (Wildman–Crippen MR) is 136 cm³/mol. The number of amides is 2. The third kappa shape index (κ3) is 7.08. The molecule has 190 valence electrons. The van der Waals surface area contributed by atoms with Crippen LogP contribution in [0.2, 0.25) is 0 Å². The molecule has 2 amide bonds. The van der Waals surface area contributed by atoms with Crippen LogP contribution in [0.15, 0.2) is 53.7 Å². The number of methoxy groups -OCH3 is 2. The molecule has 10 nitrogen and oxygen atoms in total. The molecule has 0 bridgehead atoms. The van der Waals surface area contributed by atoms with Crippen LogP contribution in [0.25, 0.3) is 0 Å². The first kappa shape index (κ1) is 26.7. The minimum absolute atomic E-state index is 0.0960. The fourth-order valence-corrected chi connectivity index (χ4v) is 4.29. The average molecular weight is 512 g/mol. The van der Waals surface area contributed by atoms with Gasteiger partial charge in [-0.25, -0.2) is 4.79 Å². The van der Waals surface area contributed by atoms with Crippen LogP contribution in [-0.2, 0) is 27.3 Å². The van der Waals surface area contributed by atoms with Crippen molar-refractivity contribution in [3.8, 4) is 5.75 Å². The number of ether oxygens (including phenoxy) is 2. The molecule has 1 atom stereocenters. The van der Waals surface area contributed by atoms with Gasteiger partial charge in [0.05, 0.1) is 38.0 Å². The van der Waals surface area contributed by atoms with Crippen LogP contribution in [0.5, 0.6) is 5.75 Å². The molecule has 0 radical (unpaired) electrons. The Labute approximate surface area is 213 Å². The molecule has 0 aliphatic carbocycles. The molecule has 2 aromatic carbocycles. The van der Waals surface area contributed by atoms with E-state index in [1.807, 2.05) is 42.7 Å². The van der Waals surface area contributed by atoms with Crippen molar-refractivity contribution in [1.29, 1.82) is 0 Å². The van der Waals surface area contributed by atoms with E-state index in [0.717, 1.165) is 11.3 Å². The highest BCUT2D eigenvalue weighted by Crippen LogP contribution is 2.21. The predicted octanol–water partition coefficient (Wildman–Crippen LogP) is 3.24. The van der Waals surface area contributed by atoms with Crippen LogP contribution >= 0.6 is 11.8 Å². The van der Waals surface area contributed by atoms with Crippen LogP contribution < -0.4 is 15.4 Å². The molecule has 0 saturated carbocycles. The second kappa shape index (κ2) is 12.7. The van der Waals surface area contributed by atoms with E-state index in [1.54, 1.807) is 31.4 Å². The van der Waals surface area contributed by atoms with E-state index in [9.17, 15) is 14.4 Å². The van der Waals surface area contributed by atoms with Gasteiger partial charge in [0.15, 0.2) is 11.0 Å². The van der Waals surface area contributed by atoms with E-state index in [0.29, 0.717) is 28.8 Å². The summed E-state index contributed by atoms with van der Waals surface area (Å²) in [5.41, 5.74) is 1.72. The zero-order valence-electron chi connectivity index (χ0n) is 20.6. The molecule has 3 rings (SSSR count). The maximum Gasteiger partial charge on any atom is 0.337 e. The number of thioether (sulfide) groups is 1. The SMILES string of the molecule is CCn1c(SCC(=O)Nc2cccc(C(=O)OC)c2)nnc1[C@@H](C)NC(=O)Cc1ccc(OC)cc1. The molecule has 36 heavy (non-hydrogen) atoms. The number of hydrogen-bond acceptors (Lipinski definition) is 8. The summed E-state index contributed by atoms with van der Waals surface area (Å²) >= 11 is 1.24. The Morgan fingerprint density at radius 2 is 1.81 bits per heavy atom. The van der Waals surface area contributed by atoms with Gasteiger partial charge < -0.3 is 24.7 Å². The Kier molecular flexibility index (Phi) is 9.46. The minimum atomic E-state index is -0.478. The first-order chi connectivity index (χ1) is 17.3. The van der Waals surface area contributed by atoms with E-state index in [2.05, 4.69) is 20.8 Å². The van der Waals surface area contributed by atoms with Crippen molar-refractivity contribution in [3.63, 3.8) is 0 Å². The standard InChI is InChI=1S/C25H29N5O5S/c1-5-30-23(16(2)26-21(31)13-17-9-11-20(34-3)12-10-17)28-29-25(30)36-15-22(32)27-19-8-6-7-18(14-19)24(33)35-4/h6-12,14,16H,5,13,15H2,1-4H3,(H,26,31)(H,27,32)/t16-/m1/s1. The summed E-state index contributed by atoms with van der Waals surface area (Å²) in [7, 11) is 2.90. The Morgan fingerprint density at radius 1 is 1.06 bits per heavy atom. The molecule has 2 N–H and O–H groups in total. The Hall–Kier alpha value is -3.86. The Bertz CT molecular complexity index is 1210. The van der Waals surface area contributed by atoms with E-state index in [-0.39, 0.29) is 30.0 Å². The van der Waals surface area contributed by atoms with Gasteiger partial charge in [-0.2, -0.15) is 0 Å². The van der Waals surface area contributed by atoms with E-state index >= 15 is 0 Å². The lowest BCUT2D eigenvalue weighted by atomic mass is 10.1. The van der Waals surface area contributed by atoms with Gasteiger partial charge >= 0.3 is 5.97 Å². The fraction of sp³-hybridized carbons (Fsp3) is 0.320. The molecular weight excluding hydrogens is 482 g/mol. The van der Waals surface area contributed by atoms with E-state index < -0.39 is 5.97 Å². The number of carbonyl (C=O) groups is 3. The first-order valence-corrected chi connectivity index (χ1v) is 12.3. The third-order valence-corrected chi connectivity index (χ3v) is 6.22. The number of anilines is 1. The van der Waals surface area contributed by atoms with E-state index in [4.69, 9.17) is 9.47 Å². The zero-order chi connectivity index (χ0) is 26.1. The molecule has 0 spiro atoms. The van der Waals surface area contributed by atoms with Gasteiger partial charge in [0.2, 0.25) is 11.8 Å². The van der Waals surface area contributed by atoms with Crippen molar-refractivity contribution < 1.29 is 23.9 Å². The minimum Gasteiger partial charge on any atom is -0.497 e. The van der Waals surface area contributed by atoms with Gasteiger partial charge in [-0.3, -0.25) is 9.59 Å². The highest BCUT2D eigenvalue weighted by atomic mass is 32.2. The van der Waals surface area contributed by atoms with Gasteiger partial charge in [0.25, 0.3) is 0 Å². The number of rotatable bonds is 11. The van der Waals surface area contributed by atoms with Crippen molar-refractivity contribution in [2.45, 2.75) is 38.0 Å². The first-order valence-electron chi connectivity index (χ1n) is 11.3. The molecule has 1 heterocycles. The van der Waals surface area contributed by atoms with Crippen molar-refractivity contribution >= 4 is 35.2 Å². The summed E-state index contributed by atoms with van der Waals surface area (Å²) in [5.74, 6) is 0.565. The number of benzene rings is 2. The summed E-state index contributed by atoms with van der Waals surface area (Å²) in [5, 5.41) is 14.8. The van der Waals surface area contributed by atoms with Gasteiger partial charge in [0, 0.05) is 12.2 Å². The van der Waals surface area contributed by atoms with Gasteiger partial charge in [-0.15, -0.1) is 10.2 Å². The lowest BCUT2D eigenvalue weighted by Crippen LogP contribution is -2.30. The van der Waals surface area contributed by atoms with Crippen LogP contribution in [0.3, 0.4) is 0 Å². The normalized spacial score (nSPS) is 11.4. The topological polar surface area (TPSA) is 124 Å². The molecule has 1 aromatic heterocycles. The van der Waals surface area contributed by atoms with Gasteiger partial charge in [0.1, 0.15) is 5.75 Å². The van der Waals surface area contributed by atoms with Crippen LogP contribution in [-0.4, -0.2) is 52.5 Å². The molecule has 0 aliphatic rings. The second-order valence-electron chi connectivity index (χ2n) is 7.81. The quantitative estimate of drug-likeness (QED) is 0.297. The smallest absolute Gasteiger partial charge is 0.337 e. The summed E-state index contributed by atoms with van der Waals surface area (Å²) < 4.78 is 11.7. The zero-order valence-corrected chi connectivity index (χ0v) is 21.4. The summed E-state index contributed by atoms with van der Waals surface area (Å²) in [6, 6.07) is 13.5. The molecule has 0 unspecified atom stereocenters. The fourth-order valence-electron chi connectivity index (χ4n) is 3.48. The van der Waals surface area contributed by atoms with Crippen LogP contribution in [0.4, 0.5) is 5.69 Å². The van der Waals surface area contributed by atoms with Gasteiger partial charge in [-0.05, 0) is 49.7 Å². The van der Waals surface area contributed by atoms with Crippen molar-refractivity contribution in [3.05, 3.63) is 65.5 Å². The summed E-state index contributed by atoms with van der Waals surface area (Å²) in [6.45, 7) is 4.37. The number of esters is 1. The number of nitrogens with one attached hydrogen (secondary N) is 2. The third-order valence-electron chi connectivity index (χ3n) is 5.25. The Morgan fingerprint density at radius 3 is 2.47 bits per heavy atom. The summed E-state index contributed by atoms with van der Waals surface area (Å²) in [6.07, 6.45) is 0.230.